The quantitative estimate of drug-likeness (QED) is 0.246. The molecule has 0 bridgehead atoms. The number of hydrogen-bond acceptors (Lipinski definition) is 4. The van der Waals surface area contributed by atoms with Gasteiger partial charge in [-0.15, -0.1) is 0 Å². The second-order valence-electron chi connectivity index (χ2n) is 7.70. The molecule has 0 aliphatic carbocycles. The highest BCUT2D eigenvalue weighted by Gasteiger charge is 2.26. The van der Waals surface area contributed by atoms with E-state index in [9.17, 15) is 9.59 Å². The van der Waals surface area contributed by atoms with E-state index in [4.69, 9.17) is 9.47 Å². The van der Waals surface area contributed by atoms with Crippen molar-refractivity contribution in [1.29, 1.82) is 0 Å². The molecule has 1 N–H and O–H groups in total. The first-order valence-corrected chi connectivity index (χ1v) is 11.1. The van der Waals surface area contributed by atoms with Gasteiger partial charge >= 0.3 is 12.1 Å². The van der Waals surface area contributed by atoms with Gasteiger partial charge in [0.05, 0.1) is 13.2 Å². The Kier molecular flexibility index (Phi) is 17.3. The maximum Gasteiger partial charge on any atom is 0.407 e. The number of carbonyl (C=O) groups is 2. The molecule has 160 valence electrons. The zero-order valence-corrected chi connectivity index (χ0v) is 18.2. The average Bonchev–Trinajstić information content (AvgIpc) is 2.64. The van der Waals surface area contributed by atoms with Crippen LogP contribution in [0.3, 0.4) is 0 Å². The molecule has 0 unspecified atom stereocenters. The Morgan fingerprint density at radius 3 is 1.70 bits per heavy atom. The van der Waals surface area contributed by atoms with Gasteiger partial charge in [-0.25, -0.2) is 9.59 Å². The van der Waals surface area contributed by atoms with E-state index in [0.717, 1.165) is 19.3 Å². The molecular weight excluding hydrogens is 342 g/mol. The molecule has 5 nitrogen and oxygen atoms in total. The van der Waals surface area contributed by atoms with Crippen LogP contribution < -0.4 is 5.32 Å². The van der Waals surface area contributed by atoms with E-state index in [2.05, 4.69) is 12.2 Å². The molecule has 5 heteroatoms. The lowest BCUT2D eigenvalue weighted by molar-refractivity contribution is -0.147. The van der Waals surface area contributed by atoms with Crippen molar-refractivity contribution in [3.63, 3.8) is 0 Å². The fourth-order valence-corrected chi connectivity index (χ4v) is 2.89. The summed E-state index contributed by atoms with van der Waals surface area (Å²) in [6, 6.07) is -0.651. The van der Waals surface area contributed by atoms with Gasteiger partial charge in [0.1, 0.15) is 6.04 Å². The van der Waals surface area contributed by atoms with Crippen molar-refractivity contribution < 1.29 is 19.1 Å². The molecule has 0 saturated heterocycles. The maximum absolute atomic E-state index is 12.2. The highest BCUT2D eigenvalue weighted by molar-refractivity contribution is 5.81. The number of alkyl carbamates (subject to hydrolysis) is 1. The van der Waals surface area contributed by atoms with Gasteiger partial charge in [-0.2, -0.15) is 0 Å². The van der Waals surface area contributed by atoms with Crippen molar-refractivity contribution in [2.45, 2.75) is 111 Å². The first-order valence-electron chi connectivity index (χ1n) is 11.1. The summed E-state index contributed by atoms with van der Waals surface area (Å²) in [4.78, 5) is 23.8. The topological polar surface area (TPSA) is 64.6 Å². The lowest BCUT2D eigenvalue weighted by atomic mass is 10.1. The third-order valence-corrected chi connectivity index (χ3v) is 4.62. The van der Waals surface area contributed by atoms with Crippen LogP contribution in [0.2, 0.25) is 0 Å². The van der Waals surface area contributed by atoms with Crippen molar-refractivity contribution in [3.05, 3.63) is 0 Å². The van der Waals surface area contributed by atoms with Crippen LogP contribution in [-0.2, 0) is 14.3 Å². The van der Waals surface area contributed by atoms with Gasteiger partial charge in [0.2, 0.25) is 0 Å². The van der Waals surface area contributed by atoms with Crippen LogP contribution in [0, 0.1) is 5.92 Å². The number of ether oxygens (including phenoxy) is 2. The second-order valence-corrected chi connectivity index (χ2v) is 7.70. The summed E-state index contributed by atoms with van der Waals surface area (Å²) < 4.78 is 10.3. The van der Waals surface area contributed by atoms with Gasteiger partial charge in [0.15, 0.2) is 0 Å². The maximum atomic E-state index is 12.2. The Hall–Kier alpha value is -1.26. The van der Waals surface area contributed by atoms with Crippen LogP contribution in [0.25, 0.3) is 0 Å². The van der Waals surface area contributed by atoms with Gasteiger partial charge < -0.3 is 14.8 Å². The monoisotopic (exact) mass is 385 g/mol. The lowest BCUT2D eigenvalue weighted by Gasteiger charge is -2.20. The molecule has 0 radical (unpaired) electrons. The normalized spacial score (nSPS) is 12.0. The number of nitrogens with one attached hydrogen (secondary N) is 1. The molecule has 0 spiro atoms. The molecular formula is C22H43NO4. The molecule has 0 fully saturated rings. The van der Waals surface area contributed by atoms with Gasteiger partial charge in [0, 0.05) is 0 Å². The van der Waals surface area contributed by atoms with Crippen molar-refractivity contribution in [3.8, 4) is 0 Å². The fraction of sp³-hybridized carbons (Fsp3) is 0.909. The number of hydrogen-bond donors (Lipinski definition) is 1. The van der Waals surface area contributed by atoms with Crippen LogP contribution in [0.1, 0.15) is 105 Å². The van der Waals surface area contributed by atoms with E-state index in [0.29, 0.717) is 13.2 Å². The SMILES string of the molecule is CCCCCCCCCCCCCOC(=O)[C@@H](NC(=O)OCCC)C(C)C. The van der Waals surface area contributed by atoms with E-state index in [1.807, 2.05) is 20.8 Å². The summed E-state index contributed by atoms with van der Waals surface area (Å²) in [5.41, 5.74) is 0. The fourth-order valence-electron chi connectivity index (χ4n) is 2.89. The zero-order chi connectivity index (χ0) is 20.3. The number of carbonyl (C=O) groups excluding carboxylic acids is 2. The molecule has 1 atom stereocenters. The summed E-state index contributed by atoms with van der Waals surface area (Å²) in [5.74, 6) is -0.408. The highest BCUT2D eigenvalue weighted by Crippen LogP contribution is 2.11. The molecule has 0 aliphatic heterocycles. The van der Waals surface area contributed by atoms with Crippen molar-refractivity contribution >= 4 is 12.1 Å². The Labute approximate surface area is 167 Å². The van der Waals surface area contributed by atoms with E-state index >= 15 is 0 Å². The standard InChI is InChI=1S/C22H43NO4/c1-5-7-8-9-10-11-12-13-14-15-16-18-26-21(24)20(19(3)4)23-22(25)27-17-6-2/h19-20H,5-18H2,1-4H3,(H,23,25)/t20-/m0/s1. The molecule has 0 saturated carbocycles. The molecule has 27 heavy (non-hydrogen) atoms. The minimum absolute atomic E-state index is 0.0380. The Morgan fingerprint density at radius 2 is 1.22 bits per heavy atom. The summed E-state index contributed by atoms with van der Waals surface area (Å²) >= 11 is 0. The van der Waals surface area contributed by atoms with E-state index in [-0.39, 0.29) is 11.9 Å². The molecule has 0 aromatic rings. The number of amides is 1. The minimum atomic E-state index is -0.651. The van der Waals surface area contributed by atoms with Crippen molar-refractivity contribution in [2.24, 2.45) is 5.92 Å². The number of esters is 1. The van der Waals surface area contributed by atoms with E-state index in [1.54, 1.807) is 0 Å². The largest absolute Gasteiger partial charge is 0.464 e. The highest BCUT2D eigenvalue weighted by atomic mass is 16.6. The van der Waals surface area contributed by atoms with Gasteiger partial charge in [-0.1, -0.05) is 91.9 Å². The zero-order valence-electron chi connectivity index (χ0n) is 18.2. The first kappa shape index (κ1) is 25.7. The molecule has 1 amide bonds. The number of unbranched alkanes of at least 4 members (excludes halogenated alkanes) is 10. The van der Waals surface area contributed by atoms with Crippen LogP contribution in [0.15, 0.2) is 0 Å². The van der Waals surface area contributed by atoms with Gasteiger partial charge in [-0.05, 0) is 18.8 Å². The van der Waals surface area contributed by atoms with Crippen molar-refractivity contribution in [2.75, 3.05) is 13.2 Å². The third-order valence-electron chi connectivity index (χ3n) is 4.62. The van der Waals surface area contributed by atoms with E-state index < -0.39 is 12.1 Å². The van der Waals surface area contributed by atoms with Gasteiger partial charge in [0.25, 0.3) is 0 Å². The molecule has 0 aromatic carbocycles. The predicted molar refractivity (Wildman–Crippen MR) is 111 cm³/mol. The summed E-state index contributed by atoms with van der Waals surface area (Å²) in [6.45, 7) is 8.71. The smallest absolute Gasteiger partial charge is 0.407 e. The first-order chi connectivity index (χ1) is 13.0. The van der Waals surface area contributed by atoms with Crippen LogP contribution in [-0.4, -0.2) is 31.3 Å². The molecule has 0 aromatic heterocycles. The minimum Gasteiger partial charge on any atom is -0.464 e. The Bertz CT molecular complexity index is 371. The van der Waals surface area contributed by atoms with E-state index in [1.165, 1.54) is 57.8 Å². The number of rotatable bonds is 17. The van der Waals surface area contributed by atoms with Gasteiger partial charge in [-0.3, -0.25) is 0 Å². The Balaban J connectivity index is 3.70. The summed E-state index contributed by atoms with van der Waals surface area (Å²) in [5, 5.41) is 2.61. The lowest BCUT2D eigenvalue weighted by Crippen LogP contribution is -2.45. The Morgan fingerprint density at radius 1 is 0.704 bits per heavy atom. The molecule has 0 heterocycles. The average molecular weight is 386 g/mol. The van der Waals surface area contributed by atoms with Crippen molar-refractivity contribution in [1.82, 2.24) is 5.32 Å². The molecule has 0 aliphatic rings. The third kappa shape index (κ3) is 15.5. The summed E-state index contributed by atoms with van der Waals surface area (Å²) in [7, 11) is 0. The van der Waals surface area contributed by atoms with Crippen LogP contribution in [0.4, 0.5) is 4.79 Å². The summed E-state index contributed by atoms with van der Waals surface area (Å²) in [6.07, 6.45) is 14.1. The van der Waals surface area contributed by atoms with Crippen LogP contribution in [0.5, 0.6) is 0 Å². The predicted octanol–water partition coefficient (Wildman–Crippen LogP) is 6.00. The van der Waals surface area contributed by atoms with Crippen LogP contribution >= 0.6 is 0 Å². The second kappa shape index (κ2) is 18.1. The molecule has 0 rings (SSSR count).